The number of aliphatic hydroxyl groups is 1. The molecule has 0 amide bonds. The third-order valence-electron chi connectivity index (χ3n) is 2.98. The molecule has 1 rings (SSSR count). The molecule has 8 heteroatoms. The number of nitrogens with one attached hydrogen (secondary N) is 1. The fourth-order valence-corrected chi connectivity index (χ4v) is 2.75. The molecule has 1 heterocycles. The minimum Gasteiger partial charge on any atom is -0.391 e. The molecule has 6 nitrogen and oxygen atoms in total. The molecule has 0 saturated heterocycles. The summed E-state index contributed by atoms with van der Waals surface area (Å²) in [6.07, 6.45) is 3.13. The highest BCUT2D eigenvalue weighted by atomic mass is 35.5. The number of hydrogen-bond donors (Lipinski definition) is 2. The second kappa shape index (κ2) is 7.14. The van der Waals surface area contributed by atoms with Crippen LogP contribution in [0.3, 0.4) is 0 Å². The zero-order valence-corrected chi connectivity index (χ0v) is 12.4. The average Bonchev–Trinajstić information content (AvgIpc) is 2.38. The number of sulfonamides is 1. The smallest absolute Gasteiger partial charge is 0.243 e. The first-order valence-corrected chi connectivity index (χ1v) is 7.92. The Bertz CT molecular complexity index is 488. The minimum absolute atomic E-state index is 0.0176. The maximum Gasteiger partial charge on any atom is 0.243 e. The van der Waals surface area contributed by atoms with E-state index in [-0.39, 0.29) is 22.6 Å². The lowest BCUT2D eigenvalue weighted by atomic mass is 9.97. The van der Waals surface area contributed by atoms with E-state index in [0.717, 1.165) is 25.2 Å². The van der Waals surface area contributed by atoms with E-state index in [2.05, 4.69) is 14.7 Å². The first kappa shape index (κ1) is 16.3. The normalized spacial score (nSPS) is 13.7. The van der Waals surface area contributed by atoms with Crippen LogP contribution in [0.5, 0.6) is 0 Å². The Kier molecular flexibility index (Phi) is 6.12. The van der Waals surface area contributed by atoms with E-state index >= 15 is 0 Å². The van der Waals surface area contributed by atoms with E-state index in [4.69, 9.17) is 11.6 Å². The molecule has 0 aliphatic heterocycles. The maximum atomic E-state index is 11.9. The fraction of sp³-hybridized carbons (Fsp3) is 0.636. The number of rotatable bonds is 7. The molecule has 0 aliphatic rings. The maximum absolute atomic E-state index is 11.9. The summed E-state index contributed by atoms with van der Waals surface area (Å²) in [7, 11) is -3.72. The quantitative estimate of drug-likeness (QED) is 0.739. The van der Waals surface area contributed by atoms with E-state index in [1.807, 2.05) is 13.8 Å². The number of aliphatic hydroxyl groups excluding tert-OH is 1. The van der Waals surface area contributed by atoms with Gasteiger partial charge in [-0.1, -0.05) is 26.7 Å². The van der Waals surface area contributed by atoms with Gasteiger partial charge in [-0.15, -0.1) is 0 Å². The molecule has 1 unspecified atom stereocenters. The fourth-order valence-electron chi connectivity index (χ4n) is 1.72. The summed E-state index contributed by atoms with van der Waals surface area (Å²) >= 11 is 5.49. The molecule has 0 aliphatic carbocycles. The summed E-state index contributed by atoms with van der Waals surface area (Å²) in [6.45, 7) is 3.88. The molecule has 0 fully saturated rings. The first-order chi connectivity index (χ1) is 8.90. The predicted octanol–water partition coefficient (Wildman–Crippen LogP) is 1.21. The minimum atomic E-state index is -3.72. The Labute approximate surface area is 118 Å². The largest absolute Gasteiger partial charge is 0.391 e. The number of halogens is 1. The molecule has 1 atom stereocenters. The van der Waals surface area contributed by atoms with Crippen molar-refractivity contribution in [3.63, 3.8) is 0 Å². The Balaban J connectivity index is 2.68. The van der Waals surface area contributed by atoms with Crippen molar-refractivity contribution in [2.45, 2.75) is 37.7 Å². The van der Waals surface area contributed by atoms with Gasteiger partial charge in [0.1, 0.15) is 4.90 Å². The molecule has 19 heavy (non-hydrogen) atoms. The van der Waals surface area contributed by atoms with Crippen LogP contribution in [-0.2, 0) is 10.0 Å². The Morgan fingerprint density at radius 2 is 1.84 bits per heavy atom. The third kappa shape index (κ3) is 4.68. The second-order valence-corrected chi connectivity index (χ2v) is 6.29. The first-order valence-electron chi connectivity index (χ1n) is 6.06. The van der Waals surface area contributed by atoms with Crippen molar-refractivity contribution in [1.82, 2.24) is 14.7 Å². The van der Waals surface area contributed by atoms with Gasteiger partial charge in [0.15, 0.2) is 0 Å². The topological polar surface area (TPSA) is 92.2 Å². The van der Waals surface area contributed by atoms with Crippen LogP contribution in [0.15, 0.2) is 17.3 Å². The molecule has 0 bridgehead atoms. The van der Waals surface area contributed by atoms with Crippen molar-refractivity contribution in [1.29, 1.82) is 0 Å². The van der Waals surface area contributed by atoms with Gasteiger partial charge in [-0.05, 0) is 17.5 Å². The molecule has 0 saturated carbocycles. The number of nitrogens with zero attached hydrogens (tertiary/aromatic N) is 2. The zero-order chi connectivity index (χ0) is 14.5. The van der Waals surface area contributed by atoms with E-state index in [1.165, 1.54) is 0 Å². The van der Waals surface area contributed by atoms with Gasteiger partial charge in [0.05, 0.1) is 18.5 Å². The summed E-state index contributed by atoms with van der Waals surface area (Å²) in [4.78, 5) is 7.15. The van der Waals surface area contributed by atoms with Gasteiger partial charge in [-0.3, -0.25) is 0 Å². The van der Waals surface area contributed by atoms with Gasteiger partial charge in [0, 0.05) is 6.54 Å². The van der Waals surface area contributed by atoms with Crippen molar-refractivity contribution < 1.29 is 13.5 Å². The van der Waals surface area contributed by atoms with Gasteiger partial charge in [-0.25, -0.2) is 23.1 Å². The molecule has 0 aromatic carbocycles. The summed E-state index contributed by atoms with van der Waals surface area (Å²) in [5, 5.41) is 9.87. The predicted molar refractivity (Wildman–Crippen MR) is 72.3 cm³/mol. The van der Waals surface area contributed by atoms with E-state index in [1.54, 1.807) is 0 Å². The molecule has 0 spiro atoms. The molecule has 0 radical (unpaired) electrons. The summed E-state index contributed by atoms with van der Waals surface area (Å²) in [5.41, 5.74) is 0. The highest BCUT2D eigenvalue weighted by Gasteiger charge is 2.20. The van der Waals surface area contributed by atoms with Crippen molar-refractivity contribution in [3.8, 4) is 0 Å². The van der Waals surface area contributed by atoms with Crippen molar-refractivity contribution in [2.24, 2.45) is 5.92 Å². The van der Waals surface area contributed by atoms with Gasteiger partial charge < -0.3 is 5.11 Å². The lowest BCUT2D eigenvalue weighted by molar-refractivity contribution is 0.107. The van der Waals surface area contributed by atoms with Crippen LogP contribution in [0.1, 0.15) is 26.7 Å². The molecule has 1 aromatic heterocycles. The Morgan fingerprint density at radius 3 is 2.32 bits per heavy atom. The van der Waals surface area contributed by atoms with Crippen LogP contribution in [-0.4, -0.2) is 36.1 Å². The lowest BCUT2D eigenvalue weighted by Gasteiger charge is -2.20. The van der Waals surface area contributed by atoms with Crippen molar-refractivity contribution >= 4 is 21.6 Å². The van der Waals surface area contributed by atoms with E-state index in [9.17, 15) is 13.5 Å². The van der Waals surface area contributed by atoms with Crippen LogP contribution in [0.4, 0.5) is 0 Å². The van der Waals surface area contributed by atoms with E-state index < -0.39 is 16.1 Å². The monoisotopic (exact) mass is 307 g/mol. The van der Waals surface area contributed by atoms with Crippen molar-refractivity contribution in [3.05, 3.63) is 17.7 Å². The lowest BCUT2D eigenvalue weighted by Crippen LogP contribution is -2.36. The SMILES string of the molecule is CCC(CC)C(O)CNS(=O)(=O)c1cnc(Cl)nc1. The van der Waals surface area contributed by atoms with Gasteiger partial charge >= 0.3 is 0 Å². The van der Waals surface area contributed by atoms with Crippen LogP contribution in [0.25, 0.3) is 0 Å². The molecular weight excluding hydrogens is 290 g/mol. The Hall–Kier alpha value is -0.760. The molecular formula is C11H18ClN3O3S. The van der Waals surface area contributed by atoms with Gasteiger partial charge in [0.2, 0.25) is 15.3 Å². The third-order valence-corrected chi connectivity index (χ3v) is 4.56. The number of aromatic nitrogens is 2. The van der Waals surface area contributed by atoms with Crippen LogP contribution in [0.2, 0.25) is 5.28 Å². The summed E-state index contributed by atoms with van der Waals surface area (Å²) < 4.78 is 26.1. The molecule has 1 aromatic rings. The van der Waals surface area contributed by atoms with Crippen molar-refractivity contribution in [2.75, 3.05) is 6.54 Å². The highest BCUT2D eigenvalue weighted by Crippen LogP contribution is 2.13. The zero-order valence-electron chi connectivity index (χ0n) is 10.9. The standard InChI is InChI=1S/C11H18ClN3O3S/c1-3-8(4-2)10(16)7-15-19(17,18)9-5-13-11(12)14-6-9/h5-6,8,10,15-16H,3-4,7H2,1-2H3. The van der Waals surface area contributed by atoms with Crippen LogP contribution < -0.4 is 4.72 Å². The summed E-state index contributed by atoms with van der Waals surface area (Å²) in [5.74, 6) is 0.0733. The Morgan fingerprint density at radius 1 is 1.32 bits per heavy atom. The van der Waals surface area contributed by atoms with Crippen LogP contribution in [0, 0.1) is 5.92 Å². The molecule has 108 valence electrons. The second-order valence-electron chi connectivity index (χ2n) is 4.18. The highest BCUT2D eigenvalue weighted by molar-refractivity contribution is 7.89. The van der Waals surface area contributed by atoms with Crippen LogP contribution >= 0.6 is 11.6 Å². The van der Waals surface area contributed by atoms with Gasteiger partial charge in [0.25, 0.3) is 0 Å². The average molecular weight is 308 g/mol. The van der Waals surface area contributed by atoms with Gasteiger partial charge in [-0.2, -0.15) is 0 Å². The molecule has 2 N–H and O–H groups in total. The number of hydrogen-bond acceptors (Lipinski definition) is 5. The van der Waals surface area contributed by atoms with E-state index in [0.29, 0.717) is 0 Å². The summed E-state index contributed by atoms with van der Waals surface area (Å²) in [6, 6.07) is 0.